The molecule has 4 heterocycles. The number of rotatable bonds is 2. The molecule has 0 bridgehead atoms. The molecule has 0 atom stereocenters. The predicted octanol–water partition coefficient (Wildman–Crippen LogP) is 1.82. The molecule has 0 aromatic carbocycles. The third-order valence-corrected chi connectivity index (χ3v) is 5.76. The van der Waals surface area contributed by atoms with E-state index >= 15 is 0 Å². The van der Waals surface area contributed by atoms with Crippen LogP contribution in [0.2, 0.25) is 0 Å². The van der Waals surface area contributed by atoms with Crippen LogP contribution in [-0.4, -0.2) is 51.9 Å². The van der Waals surface area contributed by atoms with Crippen molar-refractivity contribution in [3.63, 3.8) is 0 Å². The highest BCUT2D eigenvalue weighted by atomic mass is 32.1. The molecular weight excluding hydrogens is 310 g/mol. The van der Waals surface area contributed by atoms with Gasteiger partial charge in [0.1, 0.15) is 16.4 Å². The number of amides is 1. The summed E-state index contributed by atoms with van der Waals surface area (Å²) >= 11 is 1.45. The fourth-order valence-corrected chi connectivity index (χ4v) is 4.29. The summed E-state index contributed by atoms with van der Waals surface area (Å²) in [5, 5.41) is 5.99. The van der Waals surface area contributed by atoms with E-state index in [0.717, 1.165) is 37.6 Å². The van der Waals surface area contributed by atoms with Gasteiger partial charge in [0.15, 0.2) is 0 Å². The summed E-state index contributed by atoms with van der Waals surface area (Å²) in [6.07, 6.45) is 8.39. The first-order valence-corrected chi connectivity index (χ1v) is 8.86. The Morgan fingerprint density at radius 2 is 2.13 bits per heavy atom. The van der Waals surface area contributed by atoms with E-state index in [1.807, 2.05) is 10.3 Å². The molecule has 4 rings (SSSR count). The number of nitrogens with one attached hydrogen (secondary N) is 1. The highest BCUT2D eigenvalue weighted by Gasteiger charge is 2.41. The maximum Gasteiger partial charge on any atom is 0.273 e. The first-order chi connectivity index (χ1) is 11.3. The molecule has 2 aliphatic heterocycles. The summed E-state index contributed by atoms with van der Waals surface area (Å²) < 4.78 is 0. The minimum atomic E-state index is 0.0480. The van der Waals surface area contributed by atoms with E-state index in [-0.39, 0.29) is 5.91 Å². The van der Waals surface area contributed by atoms with Crippen molar-refractivity contribution in [2.75, 3.05) is 26.2 Å². The Balaban J connectivity index is 1.49. The van der Waals surface area contributed by atoms with Gasteiger partial charge in [-0.1, -0.05) is 0 Å². The summed E-state index contributed by atoms with van der Waals surface area (Å²) in [7, 11) is 0. The van der Waals surface area contributed by atoms with Crippen LogP contribution in [0.4, 0.5) is 0 Å². The monoisotopic (exact) mass is 329 g/mol. The van der Waals surface area contributed by atoms with E-state index in [0.29, 0.717) is 16.8 Å². The minimum Gasteiger partial charge on any atom is -0.337 e. The summed E-state index contributed by atoms with van der Waals surface area (Å²) in [6.45, 7) is 3.84. The van der Waals surface area contributed by atoms with E-state index in [1.54, 1.807) is 18.6 Å². The van der Waals surface area contributed by atoms with Crippen molar-refractivity contribution in [2.45, 2.75) is 19.3 Å². The zero-order valence-corrected chi connectivity index (χ0v) is 13.7. The molecule has 0 radical (unpaired) electrons. The van der Waals surface area contributed by atoms with Crippen molar-refractivity contribution in [3.05, 3.63) is 29.7 Å². The maximum atomic E-state index is 12.7. The first kappa shape index (κ1) is 14.7. The predicted molar refractivity (Wildman–Crippen MR) is 88.2 cm³/mol. The highest BCUT2D eigenvalue weighted by Crippen LogP contribution is 2.39. The van der Waals surface area contributed by atoms with Crippen LogP contribution in [0.15, 0.2) is 24.0 Å². The molecule has 23 heavy (non-hydrogen) atoms. The second-order valence-electron chi connectivity index (χ2n) is 6.36. The van der Waals surface area contributed by atoms with Crippen LogP contribution in [0.1, 0.15) is 29.8 Å². The first-order valence-electron chi connectivity index (χ1n) is 7.98. The zero-order valence-electron chi connectivity index (χ0n) is 12.9. The average Bonchev–Trinajstić information content (AvgIpc) is 3.24. The summed E-state index contributed by atoms with van der Waals surface area (Å²) in [5.74, 6) is 0.0480. The Morgan fingerprint density at radius 1 is 1.26 bits per heavy atom. The van der Waals surface area contributed by atoms with Crippen LogP contribution in [0.3, 0.4) is 0 Å². The molecular formula is C16H19N5OS. The standard InChI is InChI=1S/C16H19N5OS/c22-15(21-8-3-16(11-21)1-4-17-5-2-16)13-10-23-14(20-13)12-9-18-6-7-19-12/h6-7,9-10,17H,1-5,8,11H2. The Bertz CT molecular complexity index is 696. The number of carbonyl (C=O) groups excluding carboxylic acids is 1. The third-order valence-electron chi connectivity index (χ3n) is 4.90. The average molecular weight is 329 g/mol. The molecule has 2 aliphatic rings. The van der Waals surface area contributed by atoms with Gasteiger partial charge in [-0.3, -0.25) is 14.8 Å². The number of carbonyl (C=O) groups is 1. The third kappa shape index (κ3) is 2.86. The highest BCUT2D eigenvalue weighted by molar-refractivity contribution is 7.13. The quantitative estimate of drug-likeness (QED) is 0.910. The fraction of sp³-hybridized carbons (Fsp3) is 0.500. The van der Waals surface area contributed by atoms with E-state index in [2.05, 4.69) is 20.3 Å². The van der Waals surface area contributed by atoms with Crippen LogP contribution in [0.5, 0.6) is 0 Å². The molecule has 2 aromatic rings. The van der Waals surface area contributed by atoms with E-state index in [4.69, 9.17) is 0 Å². The normalized spacial score (nSPS) is 20.1. The molecule has 0 saturated carbocycles. The smallest absolute Gasteiger partial charge is 0.273 e. The van der Waals surface area contributed by atoms with Gasteiger partial charge in [-0.05, 0) is 37.8 Å². The van der Waals surface area contributed by atoms with Crippen molar-refractivity contribution in [1.82, 2.24) is 25.2 Å². The van der Waals surface area contributed by atoms with Crippen LogP contribution in [-0.2, 0) is 0 Å². The maximum absolute atomic E-state index is 12.7. The fourth-order valence-electron chi connectivity index (χ4n) is 3.53. The number of thiazole rings is 1. The number of hydrogen-bond acceptors (Lipinski definition) is 6. The van der Waals surface area contributed by atoms with Gasteiger partial charge >= 0.3 is 0 Å². The number of hydrogen-bond donors (Lipinski definition) is 1. The molecule has 7 heteroatoms. The van der Waals surface area contributed by atoms with Gasteiger partial charge in [0, 0.05) is 30.9 Å². The number of aromatic nitrogens is 3. The Morgan fingerprint density at radius 3 is 2.91 bits per heavy atom. The summed E-state index contributed by atoms with van der Waals surface area (Å²) in [5.41, 5.74) is 1.57. The minimum absolute atomic E-state index is 0.0480. The molecule has 2 fully saturated rings. The number of piperidine rings is 1. The molecule has 6 nitrogen and oxygen atoms in total. The van der Waals surface area contributed by atoms with Crippen LogP contribution in [0, 0.1) is 5.41 Å². The SMILES string of the molecule is O=C(c1csc(-c2cnccn2)n1)N1CCC2(CCNCC2)C1. The lowest BCUT2D eigenvalue weighted by Crippen LogP contribution is -2.39. The van der Waals surface area contributed by atoms with Gasteiger partial charge in [-0.15, -0.1) is 11.3 Å². The van der Waals surface area contributed by atoms with Gasteiger partial charge < -0.3 is 10.2 Å². The second-order valence-corrected chi connectivity index (χ2v) is 7.21. The molecule has 2 saturated heterocycles. The molecule has 0 aliphatic carbocycles. The van der Waals surface area contributed by atoms with E-state index in [9.17, 15) is 4.79 Å². The molecule has 120 valence electrons. The molecule has 1 spiro atoms. The second kappa shape index (κ2) is 5.98. The van der Waals surface area contributed by atoms with Gasteiger partial charge in [0.2, 0.25) is 0 Å². The van der Waals surface area contributed by atoms with Crippen molar-refractivity contribution < 1.29 is 4.79 Å². The molecule has 1 amide bonds. The van der Waals surface area contributed by atoms with Gasteiger partial charge in [-0.2, -0.15) is 0 Å². The van der Waals surface area contributed by atoms with Crippen molar-refractivity contribution >= 4 is 17.2 Å². The Hall–Kier alpha value is -1.86. The van der Waals surface area contributed by atoms with Crippen molar-refractivity contribution in [3.8, 4) is 10.7 Å². The topological polar surface area (TPSA) is 71.0 Å². The molecule has 2 aromatic heterocycles. The number of likely N-dealkylation sites (tertiary alicyclic amines) is 1. The summed E-state index contributed by atoms with van der Waals surface area (Å²) in [4.78, 5) is 27.5. The Labute approximate surface area is 139 Å². The van der Waals surface area contributed by atoms with Crippen LogP contribution < -0.4 is 5.32 Å². The van der Waals surface area contributed by atoms with Gasteiger partial charge in [0.05, 0.1) is 6.20 Å². The lowest BCUT2D eigenvalue weighted by Gasteiger charge is -2.33. The van der Waals surface area contributed by atoms with E-state index < -0.39 is 0 Å². The van der Waals surface area contributed by atoms with Crippen molar-refractivity contribution in [1.29, 1.82) is 0 Å². The van der Waals surface area contributed by atoms with Gasteiger partial charge in [-0.25, -0.2) is 4.98 Å². The van der Waals surface area contributed by atoms with Crippen LogP contribution >= 0.6 is 11.3 Å². The lowest BCUT2D eigenvalue weighted by molar-refractivity contribution is 0.0757. The largest absolute Gasteiger partial charge is 0.337 e. The Kier molecular flexibility index (Phi) is 3.82. The van der Waals surface area contributed by atoms with E-state index in [1.165, 1.54) is 24.2 Å². The van der Waals surface area contributed by atoms with Gasteiger partial charge in [0.25, 0.3) is 5.91 Å². The zero-order chi connectivity index (χ0) is 15.7. The van der Waals surface area contributed by atoms with Crippen molar-refractivity contribution in [2.24, 2.45) is 5.41 Å². The molecule has 1 N–H and O–H groups in total. The molecule has 0 unspecified atom stereocenters. The number of nitrogens with zero attached hydrogens (tertiary/aromatic N) is 4. The lowest BCUT2D eigenvalue weighted by atomic mass is 9.78. The summed E-state index contributed by atoms with van der Waals surface area (Å²) in [6, 6.07) is 0. The van der Waals surface area contributed by atoms with Crippen LogP contribution in [0.25, 0.3) is 10.7 Å².